The zero-order chi connectivity index (χ0) is 23.9. The summed E-state index contributed by atoms with van der Waals surface area (Å²) < 4.78 is 2.14. The molecule has 0 aliphatic carbocycles. The molecule has 1 aliphatic heterocycles. The van der Waals surface area contributed by atoms with Gasteiger partial charge in [-0.05, 0) is 64.8 Å². The minimum atomic E-state index is -0.530. The maximum Gasteiger partial charge on any atom is 0.182 e. The highest BCUT2D eigenvalue weighted by Crippen LogP contribution is 2.35. The van der Waals surface area contributed by atoms with Gasteiger partial charge in [0, 0.05) is 38.3 Å². The fraction of sp³-hybridized carbons (Fsp3) is 0.520. The monoisotopic (exact) mass is 448 g/mol. The second kappa shape index (κ2) is 8.74. The Labute approximate surface area is 196 Å². The lowest BCUT2D eigenvalue weighted by Gasteiger charge is -2.27. The van der Waals surface area contributed by atoms with Crippen LogP contribution in [0.2, 0.25) is 0 Å². The maximum absolute atomic E-state index is 6.57. The number of rotatable bonds is 7. The normalized spacial score (nSPS) is 13.7. The number of aromatic nitrogens is 5. The number of nitrogens with zero attached hydrogens (tertiary/aromatic N) is 7. The van der Waals surface area contributed by atoms with Gasteiger partial charge in [0.2, 0.25) is 0 Å². The predicted molar refractivity (Wildman–Crippen MR) is 133 cm³/mol. The molecule has 3 aromatic heterocycles. The lowest BCUT2D eigenvalue weighted by atomic mass is 9.94. The van der Waals surface area contributed by atoms with E-state index in [2.05, 4.69) is 64.5 Å². The minimum Gasteiger partial charge on any atom is -0.357 e. The van der Waals surface area contributed by atoms with Gasteiger partial charge < -0.3 is 20.1 Å². The molecule has 8 nitrogen and oxygen atoms in total. The van der Waals surface area contributed by atoms with Crippen LogP contribution in [0, 0.1) is 6.92 Å². The van der Waals surface area contributed by atoms with Crippen LogP contribution in [0.4, 0.5) is 11.6 Å². The lowest BCUT2D eigenvalue weighted by molar-refractivity contribution is 0.527. The Morgan fingerprint density at radius 1 is 1.15 bits per heavy atom. The topological polar surface area (TPSA) is 89.0 Å². The third-order valence-corrected chi connectivity index (χ3v) is 6.33. The van der Waals surface area contributed by atoms with Crippen LogP contribution in [0.15, 0.2) is 24.3 Å². The van der Waals surface area contributed by atoms with E-state index in [4.69, 9.17) is 15.7 Å². The van der Waals surface area contributed by atoms with Crippen LogP contribution in [-0.4, -0.2) is 37.8 Å². The Morgan fingerprint density at radius 2 is 1.91 bits per heavy atom. The van der Waals surface area contributed by atoms with Gasteiger partial charge in [-0.1, -0.05) is 13.0 Å². The number of hydrogen-bond donors (Lipinski definition) is 1. The van der Waals surface area contributed by atoms with E-state index in [0.29, 0.717) is 6.04 Å². The number of aryl methyl sites for hydroxylation is 1. The van der Waals surface area contributed by atoms with E-state index in [9.17, 15) is 0 Å². The summed E-state index contributed by atoms with van der Waals surface area (Å²) in [5.41, 5.74) is 10.3. The smallest absolute Gasteiger partial charge is 0.182 e. The first-order valence-corrected chi connectivity index (χ1v) is 11.8. The van der Waals surface area contributed by atoms with Crippen LogP contribution in [0.5, 0.6) is 0 Å². The highest BCUT2D eigenvalue weighted by atomic mass is 15.3. The quantitative estimate of drug-likeness (QED) is 0.584. The van der Waals surface area contributed by atoms with E-state index in [-0.39, 0.29) is 0 Å². The minimum absolute atomic E-state index is 0.351. The van der Waals surface area contributed by atoms with Gasteiger partial charge in [-0.25, -0.2) is 9.97 Å². The Balaban J connectivity index is 1.70. The van der Waals surface area contributed by atoms with Crippen molar-refractivity contribution in [2.24, 2.45) is 5.73 Å². The zero-order valence-corrected chi connectivity index (χ0v) is 20.9. The summed E-state index contributed by atoms with van der Waals surface area (Å²) in [4.78, 5) is 14.5. The van der Waals surface area contributed by atoms with Crippen molar-refractivity contribution in [3.63, 3.8) is 0 Å². The van der Waals surface area contributed by atoms with Gasteiger partial charge in [0.1, 0.15) is 23.2 Å². The molecule has 3 aromatic rings. The highest BCUT2D eigenvalue weighted by Gasteiger charge is 2.31. The van der Waals surface area contributed by atoms with E-state index in [0.717, 1.165) is 60.7 Å². The number of anilines is 2. The van der Waals surface area contributed by atoms with Gasteiger partial charge in [-0.2, -0.15) is 0 Å². The van der Waals surface area contributed by atoms with E-state index in [1.807, 2.05) is 32.9 Å². The van der Waals surface area contributed by atoms with Gasteiger partial charge in [0.15, 0.2) is 5.82 Å². The number of hydrogen-bond acceptors (Lipinski definition) is 7. The molecule has 0 saturated carbocycles. The van der Waals surface area contributed by atoms with Crippen molar-refractivity contribution in [1.29, 1.82) is 0 Å². The van der Waals surface area contributed by atoms with Crippen molar-refractivity contribution in [2.45, 2.75) is 79.2 Å². The summed E-state index contributed by atoms with van der Waals surface area (Å²) in [5.74, 6) is 3.62. The SMILES string of the molecule is CCCn1c(C)nnc1-c1cccc(N2Cc3cc(N(C)C(C)C)nc(C(C)(C)N)c3C2)n1. The maximum atomic E-state index is 6.57. The average molecular weight is 449 g/mol. The second-order valence-electron chi connectivity index (χ2n) is 9.85. The lowest BCUT2D eigenvalue weighted by Crippen LogP contribution is -2.34. The van der Waals surface area contributed by atoms with Crippen LogP contribution in [-0.2, 0) is 25.2 Å². The molecule has 0 spiro atoms. The van der Waals surface area contributed by atoms with E-state index in [1.54, 1.807) is 0 Å². The molecule has 0 fully saturated rings. The Kier molecular flexibility index (Phi) is 6.14. The molecule has 0 radical (unpaired) electrons. The van der Waals surface area contributed by atoms with Gasteiger partial charge in [0.25, 0.3) is 0 Å². The van der Waals surface area contributed by atoms with Crippen molar-refractivity contribution in [3.05, 3.63) is 46.9 Å². The van der Waals surface area contributed by atoms with Gasteiger partial charge >= 0.3 is 0 Å². The first-order valence-electron chi connectivity index (χ1n) is 11.8. The number of pyridine rings is 2. The van der Waals surface area contributed by atoms with Crippen molar-refractivity contribution < 1.29 is 0 Å². The van der Waals surface area contributed by atoms with Crippen LogP contribution >= 0.6 is 0 Å². The molecule has 2 N–H and O–H groups in total. The Hall–Kier alpha value is -3.00. The molecule has 4 rings (SSSR count). The molecule has 0 bridgehead atoms. The molecule has 0 saturated heterocycles. The highest BCUT2D eigenvalue weighted by molar-refractivity contribution is 5.58. The largest absolute Gasteiger partial charge is 0.357 e. The summed E-state index contributed by atoms with van der Waals surface area (Å²) in [6.07, 6.45) is 1.02. The van der Waals surface area contributed by atoms with Crippen molar-refractivity contribution in [2.75, 3.05) is 16.8 Å². The molecule has 0 aromatic carbocycles. The molecular formula is C25H36N8. The Bertz CT molecular complexity index is 1140. The first-order chi connectivity index (χ1) is 15.6. The summed E-state index contributed by atoms with van der Waals surface area (Å²) in [7, 11) is 2.08. The van der Waals surface area contributed by atoms with E-state index in [1.165, 1.54) is 11.1 Å². The fourth-order valence-electron chi connectivity index (χ4n) is 4.31. The summed E-state index contributed by atoms with van der Waals surface area (Å²) >= 11 is 0. The second-order valence-corrected chi connectivity index (χ2v) is 9.85. The van der Waals surface area contributed by atoms with Crippen LogP contribution in [0.1, 0.15) is 63.7 Å². The molecule has 33 heavy (non-hydrogen) atoms. The summed E-state index contributed by atoms with van der Waals surface area (Å²) in [6.45, 7) is 14.9. The number of nitrogens with two attached hydrogens (primary N) is 1. The molecule has 4 heterocycles. The van der Waals surface area contributed by atoms with Crippen molar-refractivity contribution in [3.8, 4) is 11.5 Å². The zero-order valence-electron chi connectivity index (χ0n) is 20.9. The molecule has 0 unspecified atom stereocenters. The van der Waals surface area contributed by atoms with Crippen LogP contribution < -0.4 is 15.5 Å². The molecule has 176 valence electrons. The van der Waals surface area contributed by atoms with Crippen molar-refractivity contribution in [1.82, 2.24) is 24.7 Å². The van der Waals surface area contributed by atoms with E-state index < -0.39 is 5.54 Å². The van der Waals surface area contributed by atoms with Crippen LogP contribution in [0.3, 0.4) is 0 Å². The third-order valence-electron chi connectivity index (χ3n) is 6.33. The third kappa shape index (κ3) is 4.44. The Morgan fingerprint density at radius 3 is 2.58 bits per heavy atom. The summed E-state index contributed by atoms with van der Waals surface area (Å²) in [5, 5.41) is 8.69. The predicted octanol–water partition coefficient (Wildman–Crippen LogP) is 4.01. The molecular weight excluding hydrogens is 412 g/mol. The van der Waals surface area contributed by atoms with Crippen molar-refractivity contribution >= 4 is 11.6 Å². The van der Waals surface area contributed by atoms with E-state index >= 15 is 0 Å². The average Bonchev–Trinajstić information content (AvgIpc) is 3.36. The molecule has 0 atom stereocenters. The standard InChI is InChI=1S/C25H36N8/c1-8-12-33-17(4)29-30-24(33)20-10-9-11-21(27-20)32-14-18-13-22(31(7)16(2)3)28-23(19(18)15-32)25(5,6)26/h9-11,13,16H,8,12,14-15,26H2,1-7H3. The van der Waals surface area contributed by atoms with Gasteiger partial charge in [-0.15, -0.1) is 10.2 Å². The molecule has 8 heteroatoms. The van der Waals surface area contributed by atoms with Crippen LogP contribution in [0.25, 0.3) is 11.5 Å². The van der Waals surface area contributed by atoms with Gasteiger partial charge in [-0.3, -0.25) is 0 Å². The molecule has 1 aliphatic rings. The number of fused-ring (bicyclic) bond motifs is 1. The van der Waals surface area contributed by atoms with Gasteiger partial charge in [0.05, 0.1) is 11.2 Å². The fourth-order valence-corrected chi connectivity index (χ4v) is 4.31. The molecule has 0 amide bonds. The first kappa shape index (κ1) is 23.2. The summed E-state index contributed by atoms with van der Waals surface area (Å²) in [6, 6.07) is 8.67.